The summed E-state index contributed by atoms with van der Waals surface area (Å²) in [7, 11) is 1.57. The largest absolute Gasteiger partial charge is 0.497 e. The van der Waals surface area contributed by atoms with Crippen LogP contribution in [-0.2, 0) is 25.7 Å². The van der Waals surface area contributed by atoms with E-state index in [4.69, 9.17) is 18.6 Å². The van der Waals surface area contributed by atoms with Gasteiger partial charge in [-0.2, -0.15) is 0 Å². The predicted molar refractivity (Wildman–Crippen MR) is 114 cm³/mol. The number of piperazine rings is 1. The molecule has 9 nitrogen and oxygen atoms in total. The quantitative estimate of drug-likeness (QED) is 0.639. The highest BCUT2D eigenvalue weighted by atomic mass is 16.5. The maximum absolute atomic E-state index is 13.9. The lowest BCUT2D eigenvalue weighted by Gasteiger charge is -2.46. The van der Waals surface area contributed by atoms with Crippen molar-refractivity contribution in [3.63, 3.8) is 0 Å². The minimum atomic E-state index is -1.41. The summed E-state index contributed by atoms with van der Waals surface area (Å²) in [5.74, 6) is -0.549. The molecule has 0 spiro atoms. The van der Waals surface area contributed by atoms with Crippen LogP contribution in [0.5, 0.6) is 11.5 Å². The van der Waals surface area contributed by atoms with Crippen LogP contribution in [-0.4, -0.2) is 60.0 Å². The SMILES string of the molecule is CCOC(=O)C1C2COc3cc(OC)ccc3C2N2C(=O)CN(Cc3ccco3)C(=O)[C@@]12C. The lowest BCUT2D eigenvalue weighted by molar-refractivity contribution is -0.171. The summed E-state index contributed by atoms with van der Waals surface area (Å²) < 4.78 is 22.1. The Morgan fingerprint density at radius 3 is 2.79 bits per heavy atom. The average Bonchev–Trinajstić information content (AvgIpc) is 3.41. The minimum absolute atomic E-state index is 0.0970. The van der Waals surface area contributed by atoms with Crippen molar-refractivity contribution in [1.29, 1.82) is 0 Å². The monoisotopic (exact) mass is 454 g/mol. The number of amides is 2. The van der Waals surface area contributed by atoms with Crippen LogP contribution in [0.2, 0.25) is 0 Å². The van der Waals surface area contributed by atoms with Crippen molar-refractivity contribution in [3.05, 3.63) is 47.9 Å². The number of hydrogen-bond donors (Lipinski definition) is 0. The zero-order valence-corrected chi connectivity index (χ0v) is 18.8. The van der Waals surface area contributed by atoms with Gasteiger partial charge in [0, 0.05) is 17.5 Å². The number of rotatable bonds is 5. The molecular weight excluding hydrogens is 428 g/mol. The van der Waals surface area contributed by atoms with Gasteiger partial charge in [0.25, 0.3) is 0 Å². The number of carbonyl (C=O) groups excluding carboxylic acids is 3. The Labute approximate surface area is 191 Å². The Morgan fingerprint density at radius 1 is 1.27 bits per heavy atom. The Morgan fingerprint density at radius 2 is 2.09 bits per heavy atom. The molecule has 3 unspecified atom stereocenters. The van der Waals surface area contributed by atoms with Gasteiger partial charge in [-0.05, 0) is 38.1 Å². The topological polar surface area (TPSA) is 98.5 Å². The highest BCUT2D eigenvalue weighted by Crippen LogP contribution is 2.57. The number of fused-ring (bicyclic) bond motifs is 5. The van der Waals surface area contributed by atoms with Crippen molar-refractivity contribution in [1.82, 2.24) is 9.80 Å². The summed E-state index contributed by atoms with van der Waals surface area (Å²) >= 11 is 0. The standard InChI is InChI=1S/C24H26N2O7/c1-4-31-22(28)20-17-13-33-18-10-14(30-3)7-8-16(18)21(17)26-19(27)12-25(23(29)24(20,26)2)11-15-6-5-9-32-15/h5-10,17,20-21H,4,11-13H2,1-3H3/t17?,20?,21?,24-/m1/s1. The predicted octanol–water partition coefficient (Wildman–Crippen LogP) is 2.16. The number of carbonyl (C=O) groups is 3. The third-order valence-electron chi connectivity index (χ3n) is 6.97. The summed E-state index contributed by atoms with van der Waals surface area (Å²) in [5, 5.41) is 0. The van der Waals surface area contributed by atoms with Crippen LogP contribution in [0.15, 0.2) is 41.0 Å². The Bertz CT molecular complexity index is 1100. The van der Waals surface area contributed by atoms with Gasteiger partial charge >= 0.3 is 5.97 Å². The van der Waals surface area contributed by atoms with E-state index in [-0.39, 0.29) is 38.1 Å². The van der Waals surface area contributed by atoms with Crippen LogP contribution in [0.4, 0.5) is 0 Å². The third-order valence-corrected chi connectivity index (χ3v) is 6.97. The summed E-state index contributed by atoms with van der Waals surface area (Å²) in [6.07, 6.45) is 1.52. The van der Waals surface area contributed by atoms with E-state index < -0.39 is 29.4 Å². The van der Waals surface area contributed by atoms with E-state index in [9.17, 15) is 14.4 Å². The molecular formula is C24H26N2O7. The van der Waals surface area contributed by atoms with Gasteiger partial charge in [0.2, 0.25) is 11.8 Å². The lowest BCUT2D eigenvalue weighted by Crippen LogP contribution is -2.67. The Hall–Kier alpha value is -3.49. The molecule has 3 aliphatic rings. The number of ether oxygens (including phenoxy) is 3. The Kier molecular flexibility index (Phi) is 5.07. The van der Waals surface area contributed by atoms with Crippen molar-refractivity contribution in [3.8, 4) is 11.5 Å². The van der Waals surface area contributed by atoms with Gasteiger partial charge in [-0.1, -0.05) is 0 Å². The van der Waals surface area contributed by atoms with Crippen LogP contribution in [0.25, 0.3) is 0 Å². The summed E-state index contributed by atoms with van der Waals surface area (Å²) in [6, 6.07) is 8.39. The van der Waals surface area contributed by atoms with E-state index in [1.165, 1.54) is 11.2 Å². The van der Waals surface area contributed by atoms with Crippen LogP contribution < -0.4 is 9.47 Å². The van der Waals surface area contributed by atoms with Gasteiger partial charge in [0.15, 0.2) is 0 Å². The van der Waals surface area contributed by atoms with E-state index in [0.29, 0.717) is 17.3 Å². The van der Waals surface area contributed by atoms with Crippen molar-refractivity contribution in [2.24, 2.45) is 11.8 Å². The highest BCUT2D eigenvalue weighted by molar-refractivity contribution is 6.02. The first-order valence-electron chi connectivity index (χ1n) is 11.0. The zero-order valence-electron chi connectivity index (χ0n) is 18.8. The molecule has 0 N–H and O–H groups in total. The molecule has 5 rings (SSSR count). The third kappa shape index (κ3) is 3.09. The second-order valence-corrected chi connectivity index (χ2v) is 8.71. The first kappa shape index (κ1) is 21.4. The van der Waals surface area contributed by atoms with E-state index in [1.807, 2.05) is 6.07 Å². The van der Waals surface area contributed by atoms with Crippen molar-refractivity contribution < 1.29 is 33.0 Å². The molecule has 2 amide bonds. The first-order valence-corrected chi connectivity index (χ1v) is 11.0. The maximum Gasteiger partial charge on any atom is 0.312 e. The fourth-order valence-electron chi connectivity index (χ4n) is 5.62. The highest BCUT2D eigenvalue weighted by Gasteiger charge is 2.69. The minimum Gasteiger partial charge on any atom is -0.497 e. The fourth-order valence-corrected chi connectivity index (χ4v) is 5.62. The molecule has 0 aliphatic carbocycles. The molecule has 0 radical (unpaired) electrons. The molecule has 1 aromatic heterocycles. The van der Waals surface area contributed by atoms with Crippen molar-refractivity contribution in [2.75, 3.05) is 26.9 Å². The van der Waals surface area contributed by atoms with Crippen LogP contribution in [0, 0.1) is 11.8 Å². The maximum atomic E-state index is 13.9. The van der Waals surface area contributed by atoms with E-state index >= 15 is 0 Å². The molecule has 0 saturated carbocycles. The molecule has 0 bridgehead atoms. The van der Waals surface area contributed by atoms with E-state index in [0.717, 1.165) is 5.56 Å². The number of esters is 1. The fraction of sp³-hybridized carbons (Fsp3) is 0.458. The average molecular weight is 454 g/mol. The number of nitrogens with zero attached hydrogens (tertiary/aromatic N) is 2. The molecule has 9 heteroatoms. The summed E-state index contributed by atoms with van der Waals surface area (Å²) in [4.78, 5) is 43.7. The Balaban J connectivity index is 1.60. The first-order chi connectivity index (χ1) is 15.9. The normalized spacial score (nSPS) is 28.0. The van der Waals surface area contributed by atoms with Crippen molar-refractivity contribution in [2.45, 2.75) is 32.0 Å². The number of hydrogen-bond acceptors (Lipinski definition) is 7. The van der Waals surface area contributed by atoms with E-state index in [1.54, 1.807) is 50.1 Å². The summed E-state index contributed by atoms with van der Waals surface area (Å²) in [6.45, 7) is 3.80. The summed E-state index contributed by atoms with van der Waals surface area (Å²) in [5.41, 5.74) is -0.653. The van der Waals surface area contributed by atoms with Crippen LogP contribution in [0.3, 0.4) is 0 Å². The molecule has 1 aromatic carbocycles. The number of furan rings is 1. The molecule has 2 aromatic rings. The van der Waals surface area contributed by atoms with Gasteiger partial charge in [-0.3, -0.25) is 14.4 Å². The van der Waals surface area contributed by atoms with Gasteiger partial charge in [0.1, 0.15) is 29.3 Å². The van der Waals surface area contributed by atoms with Gasteiger partial charge in [-0.25, -0.2) is 0 Å². The van der Waals surface area contributed by atoms with Crippen LogP contribution in [0.1, 0.15) is 31.2 Å². The molecule has 2 fully saturated rings. The van der Waals surface area contributed by atoms with Crippen molar-refractivity contribution >= 4 is 17.8 Å². The molecule has 174 valence electrons. The second kappa shape index (κ2) is 7.83. The molecule has 2 saturated heterocycles. The molecule has 4 atom stereocenters. The van der Waals surface area contributed by atoms with Gasteiger partial charge < -0.3 is 28.4 Å². The lowest BCUT2D eigenvalue weighted by atomic mass is 9.77. The smallest absolute Gasteiger partial charge is 0.312 e. The van der Waals surface area contributed by atoms with Gasteiger partial charge in [0.05, 0.1) is 45.1 Å². The molecule has 3 aliphatic heterocycles. The van der Waals surface area contributed by atoms with Crippen LogP contribution >= 0.6 is 0 Å². The van der Waals surface area contributed by atoms with E-state index in [2.05, 4.69) is 0 Å². The number of benzene rings is 1. The zero-order chi connectivity index (χ0) is 23.3. The number of methoxy groups -OCH3 is 1. The molecule has 33 heavy (non-hydrogen) atoms. The second-order valence-electron chi connectivity index (χ2n) is 8.71. The molecule has 4 heterocycles. The van der Waals surface area contributed by atoms with Gasteiger partial charge in [-0.15, -0.1) is 0 Å².